The fraction of sp³-hybridized carbons (Fsp3) is 1.00. The van der Waals surface area contributed by atoms with E-state index in [4.69, 9.17) is 0 Å². The summed E-state index contributed by atoms with van der Waals surface area (Å²) in [4.78, 5) is 5.25. The predicted molar refractivity (Wildman–Crippen MR) is 82.5 cm³/mol. The van der Waals surface area contributed by atoms with Crippen LogP contribution >= 0.6 is 0 Å². The average molecular weight is 267 g/mol. The largest absolute Gasteiger partial charge is 0.312 e. The molecule has 3 unspecified atom stereocenters. The summed E-state index contributed by atoms with van der Waals surface area (Å²) in [6.07, 6.45) is 2.74. The van der Waals surface area contributed by atoms with E-state index in [0.717, 1.165) is 17.9 Å². The van der Waals surface area contributed by atoms with Crippen LogP contribution in [0.25, 0.3) is 0 Å². The van der Waals surface area contributed by atoms with Crippen LogP contribution in [-0.2, 0) is 0 Å². The second-order valence-corrected chi connectivity index (χ2v) is 7.88. The highest BCUT2D eigenvalue weighted by atomic mass is 15.2. The first-order valence-corrected chi connectivity index (χ1v) is 8.03. The van der Waals surface area contributed by atoms with Gasteiger partial charge in [-0.25, -0.2) is 0 Å². The van der Waals surface area contributed by atoms with Gasteiger partial charge in [0.05, 0.1) is 0 Å². The average Bonchev–Trinajstić information content (AvgIpc) is 2.74. The van der Waals surface area contributed by atoms with Gasteiger partial charge in [-0.2, -0.15) is 0 Å². The van der Waals surface area contributed by atoms with Crippen LogP contribution in [0.5, 0.6) is 0 Å². The number of nitrogens with one attached hydrogen (secondary N) is 1. The summed E-state index contributed by atoms with van der Waals surface area (Å²) < 4.78 is 0. The van der Waals surface area contributed by atoms with Crippen molar-refractivity contribution in [3.05, 3.63) is 0 Å². The highest BCUT2D eigenvalue weighted by Gasteiger charge is 2.33. The van der Waals surface area contributed by atoms with E-state index < -0.39 is 0 Å². The van der Waals surface area contributed by atoms with Crippen molar-refractivity contribution in [1.82, 2.24) is 15.1 Å². The van der Waals surface area contributed by atoms with Crippen molar-refractivity contribution in [3.63, 3.8) is 0 Å². The molecule has 2 aliphatic heterocycles. The summed E-state index contributed by atoms with van der Waals surface area (Å²) in [5.74, 6) is 1.68. The molecule has 0 aromatic heterocycles. The Labute approximate surface area is 119 Å². The first-order valence-electron chi connectivity index (χ1n) is 8.03. The standard InChI is InChI=1S/C16H33N3/c1-13-11-18(5)8-7-15(13)19-9-6-14(12-19)10-17-16(2,3)4/h13-15,17H,6-12H2,1-5H3. The first kappa shape index (κ1) is 15.3. The van der Waals surface area contributed by atoms with E-state index in [9.17, 15) is 0 Å². The van der Waals surface area contributed by atoms with Crippen molar-refractivity contribution in [1.29, 1.82) is 0 Å². The Kier molecular flexibility index (Phi) is 4.91. The summed E-state index contributed by atoms with van der Waals surface area (Å²) in [5, 5.41) is 3.67. The van der Waals surface area contributed by atoms with Crippen LogP contribution in [0.2, 0.25) is 0 Å². The van der Waals surface area contributed by atoms with Crippen molar-refractivity contribution >= 4 is 0 Å². The molecule has 2 fully saturated rings. The summed E-state index contributed by atoms with van der Waals surface area (Å²) in [7, 11) is 2.26. The summed E-state index contributed by atoms with van der Waals surface area (Å²) >= 11 is 0. The Bertz CT molecular complexity index is 284. The van der Waals surface area contributed by atoms with Gasteiger partial charge in [0.25, 0.3) is 0 Å². The third-order valence-corrected chi connectivity index (χ3v) is 4.77. The van der Waals surface area contributed by atoms with E-state index in [-0.39, 0.29) is 5.54 Å². The van der Waals surface area contributed by atoms with Crippen LogP contribution in [0, 0.1) is 11.8 Å². The van der Waals surface area contributed by atoms with Crippen LogP contribution in [0.1, 0.15) is 40.5 Å². The van der Waals surface area contributed by atoms with Crippen LogP contribution < -0.4 is 5.32 Å². The van der Waals surface area contributed by atoms with E-state index in [1.807, 2.05) is 0 Å². The van der Waals surface area contributed by atoms with Gasteiger partial charge >= 0.3 is 0 Å². The molecule has 112 valence electrons. The normalized spacial score (nSPS) is 34.9. The second-order valence-electron chi connectivity index (χ2n) is 7.88. The lowest BCUT2D eigenvalue weighted by Crippen LogP contribution is -2.48. The molecule has 0 radical (unpaired) electrons. The Morgan fingerprint density at radius 2 is 1.84 bits per heavy atom. The van der Waals surface area contributed by atoms with Gasteiger partial charge in [-0.15, -0.1) is 0 Å². The van der Waals surface area contributed by atoms with Gasteiger partial charge in [0.1, 0.15) is 0 Å². The third kappa shape index (κ3) is 4.44. The molecule has 2 aliphatic rings. The van der Waals surface area contributed by atoms with Gasteiger partial charge in [0, 0.05) is 24.7 Å². The fourth-order valence-electron chi connectivity index (χ4n) is 3.67. The molecule has 19 heavy (non-hydrogen) atoms. The third-order valence-electron chi connectivity index (χ3n) is 4.77. The molecule has 0 aromatic rings. The van der Waals surface area contributed by atoms with E-state index in [2.05, 4.69) is 49.9 Å². The number of hydrogen-bond donors (Lipinski definition) is 1. The minimum atomic E-state index is 0.258. The maximum atomic E-state index is 3.67. The number of rotatable bonds is 3. The lowest BCUT2D eigenvalue weighted by atomic mass is 9.93. The molecule has 2 rings (SSSR count). The molecule has 1 N–H and O–H groups in total. The molecule has 2 heterocycles. The zero-order chi connectivity index (χ0) is 14.0. The predicted octanol–water partition coefficient (Wildman–Crippen LogP) is 2.04. The molecule has 2 saturated heterocycles. The number of nitrogens with zero attached hydrogens (tertiary/aromatic N) is 2. The molecular formula is C16H33N3. The molecule has 0 spiro atoms. The Hall–Kier alpha value is -0.120. The maximum absolute atomic E-state index is 3.67. The molecule has 0 saturated carbocycles. The Morgan fingerprint density at radius 3 is 2.47 bits per heavy atom. The highest BCUT2D eigenvalue weighted by molar-refractivity contribution is 4.89. The van der Waals surface area contributed by atoms with Crippen molar-refractivity contribution < 1.29 is 0 Å². The number of likely N-dealkylation sites (tertiary alicyclic amines) is 2. The first-order chi connectivity index (χ1) is 8.85. The summed E-state index contributed by atoms with van der Waals surface area (Å²) in [5.41, 5.74) is 0.258. The van der Waals surface area contributed by atoms with Gasteiger partial charge < -0.3 is 10.2 Å². The van der Waals surface area contributed by atoms with E-state index in [1.54, 1.807) is 0 Å². The molecule has 0 amide bonds. The van der Waals surface area contributed by atoms with Crippen LogP contribution in [-0.4, -0.2) is 61.2 Å². The molecule has 0 bridgehead atoms. The lowest BCUT2D eigenvalue weighted by molar-refractivity contribution is 0.0897. The van der Waals surface area contributed by atoms with Gasteiger partial charge in [0.15, 0.2) is 0 Å². The van der Waals surface area contributed by atoms with E-state index in [0.29, 0.717) is 0 Å². The van der Waals surface area contributed by atoms with Crippen molar-refractivity contribution in [2.45, 2.75) is 52.1 Å². The molecule has 0 aliphatic carbocycles. The van der Waals surface area contributed by atoms with Gasteiger partial charge in [-0.05, 0) is 72.1 Å². The smallest absolute Gasteiger partial charge is 0.0145 e. The Morgan fingerprint density at radius 1 is 1.11 bits per heavy atom. The minimum absolute atomic E-state index is 0.258. The van der Waals surface area contributed by atoms with Crippen LogP contribution in [0.3, 0.4) is 0 Å². The molecule has 3 atom stereocenters. The lowest BCUT2D eigenvalue weighted by Gasteiger charge is -2.40. The van der Waals surface area contributed by atoms with E-state index >= 15 is 0 Å². The summed E-state index contributed by atoms with van der Waals surface area (Å²) in [6.45, 7) is 15.6. The maximum Gasteiger partial charge on any atom is 0.0145 e. The van der Waals surface area contributed by atoms with Crippen molar-refractivity contribution in [2.24, 2.45) is 11.8 Å². The molecule has 3 heteroatoms. The topological polar surface area (TPSA) is 18.5 Å². The van der Waals surface area contributed by atoms with Crippen LogP contribution in [0.4, 0.5) is 0 Å². The van der Waals surface area contributed by atoms with Crippen LogP contribution in [0.15, 0.2) is 0 Å². The molecular weight excluding hydrogens is 234 g/mol. The molecule has 0 aromatic carbocycles. The van der Waals surface area contributed by atoms with Gasteiger partial charge in [0.2, 0.25) is 0 Å². The second kappa shape index (κ2) is 6.11. The van der Waals surface area contributed by atoms with Gasteiger partial charge in [-0.1, -0.05) is 6.92 Å². The number of hydrogen-bond acceptors (Lipinski definition) is 3. The molecule has 3 nitrogen and oxygen atoms in total. The fourth-order valence-corrected chi connectivity index (χ4v) is 3.67. The zero-order valence-corrected chi connectivity index (χ0v) is 13.6. The summed E-state index contributed by atoms with van der Waals surface area (Å²) in [6, 6.07) is 0.829. The quantitative estimate of drug-likeness (QED) is 0.844. The van der Waals surface area contributed by atoms with Gasteiger partial charge in [-0.3, -0.25) is 4.90 Å². The highest BCUT2D eigenvalue weighted by Crippen LogP contribution is 2.27. The number of piperidine rings is 1. The van der Waals surface area contributed by atoms with Crippen molar-refractivity contribution in [3.8, 4) is 0 Å². The van der Waals surface area contributed by atoms with Crippen molar-refractivity contribution in [2.75, 3.05) is 39.8 Å². The van der Waals surface area contributed by atoms with E-state index in [1.165, 1.54) is 45.6 Å². The SMILES string of the molecule is CC1CN(C)CCC1N1CCC(CNC(C)(C)C)C1. The zero-order valence-electron chi connectivity index (χ0n) is 13.6. The minimum Gasteiger partial charge on any atom is -0.312 e. The monoisotopic (exact) mass is 267 g/mol. The Balaban J connectivity index is 1.78.